The van der Waals surface area contributed by atoms with E-state index < -0.39 is 12.2 Å². The second-order valence-electron chi connectivity index (χ2n) is 14.7. The molecule has 4 fully saturated rings. The Hall–Kier alpha value is -0.370. The Bertz CT molecular complexity index is 625. The Balaban J connectivity index is 0.000000275. The van der Waals surface area contributed by atoms with Crippen LogP contribution in [0.5, 0.6) is 0 Å². The van der Waals surface area contributed by atoms with Gasteiger partial charge >= 0.3 is 6.18 Å². The Kier molecular flexibility index (Phi) is 18.0. The largest absolute Gasteiger partial charge is 0.404 e. The predicted molar refractivity (Wildman–Crippen MR) is 171 cm³/mol. The van der Waals surface area contributed by atoms with Gasteiger partial charge < -0.3 is 21.3 Å². The fourth-order valence-electron chi connectivity index (χ4n) is 5.75. The van der Waals surface area contributed by atoms with E-state index in [0.29, 0.717) is 31.0 Å². The number of alkyl halides is 3. The van der Waals surface area contributed by atoms with Gasteiger partial charge in [0.2, 0.25) is 0 Å². The topological polar surface area (TPSA) is 48.1 Å². The van der Waals surface area contributed by atoms with Crippen LogP contribution in [0.1, 0.15) is 140 Å². The first kappa shape index (κ1) is 38.7. The van der Waals surface area contributed by atoms with Crippen LogP contribution in [0.25, 0.3) is 0 Å². The molecule has 0 aliphatic heterocycles. The highest BCUT2D eigenvalue weighted by Crippen LogP contribution is 2.40. The highest BCUT2D eigenvalue weighted by atomic mass is 19.4. The maximum absolute atomic E-state index is 12.3. The molecule has 0 amide bonds. The average Bonchev–Trinajstić information content (AvgIpc) is 3.63. The quantitative estimate of drug-likeness (QED) is 0.184. The van der Waals surface area contributed by atoms with Crippen LogP contribution < -0.4 is 21.3 Å². The molecule has 0 aromatic rings. The second-order valence-corrected chi connectivity index (χ2v) is 14.7. The number of hydrogen-bond donors (Lipinski definition) is 4. The summed E-state index contributed by atoms with van der Waals surface area (Å²) in [5.74, 6) is 2.77. The molecule has 0 saturated heterocycles. The van der Waals surface area contributed by atoms with Gasteiger partial charge in [0.05, 0.1) is 0 Å². The minimum absolute atomic E-state index is 0.0998. The summed E-state index contributed by atoms with van der Waals surface area (Å²) in [4.78, 5) is 0. The van der Waals surface area contributed by atoms with Gasteiger partial charge in [0, 0.05) is 42.3 Å². The fourth-order valence-corrected chi connectivity index (χ4v) is 5.75. The molecule has 41 heavy (non-hydrogen) atoms. The first-order chi connectivity index (χ1) is 19.0. The fraction of sp³-hybridized carbons (Fsp3) is 1.00. The summed E-state index contributed by atoms with van der Waals surface area (Å²) in [5, 5.41) is 13.2. The normalized spacial score (nSPS) is 22.4. The molecule has 4 N–H and O–H groups in total. The molecule has 4 saturated carbocycles. The molecule has 0 bridgehead atoms. The highest BCUT2D eigenvalue weighted by molar-refractivity contribution is 4.91. The van der Waals surface area contributed by atoms with Crippen LogP contribution in [0.2, 0.25) is 0 Å². The summed E-state index contributed by atoms with van der Waals surface area (Å²) in [5.41, 5.74) is 0. The molecular formula is C34H69F3N4. The number of halogens is 3. The SMILES string of the molecule is CC(C)N[C@@H](C)C1CC1.CC(C)N[C@@H](C)C1CCC1.CC(C)N[C@@H](C1CC1)C(F)(F)F.CC(C)N[C@H](C)C1CCC1. The van der Waals surface area contributed by atoms with Gasteiger partial charge in [0.25, 0.3) is 0 Å². The van der Waals surface area contributed by atoms with E-state index >= 15 is 0 Å². The van der Waals surface area contributed by atoms with Gasteiger partial charge in [-0.25, -0.2) is 0 Å². The molecule has 4 aliphatic carbocycles. The van der Waals surface area contributed by atoms with Gasteiger partial charge in [-0.05, 0) is 95.8 Å². The average molecular weight is 591 g/mol. The van der Waals surface area contributed by atoms with Crippen molar-refractivity contribution in [1.82, 2.24) is 21.3 Å². The summed E-state index contributed by atoms with van der Waals surface area (Å²) >= 11 is 0. The van der Waals surface area contributed by atoms with Crippen molar-refractivity contribution in [3.8, 4) is 0 Å². The zero-order valence-electron chi connectivity index (χ0n) is 28.6. The van der Waals surface area contributed by atoms with E-state index in [0.717, 1.165) is 35.9 Å². The van der Waals surface area contributed by atoms with Gasteiger partial charge in [-0.1, -0.05) is 68.2 Å². The van der Waals surface area contributed by atoms with Crippen LogP contribution in [0.3, 0.4) is 0 Å². The number of rotatable bonds is 12. The lowest BCUT2D eigenvalue weighted by Gasteiger charge is -2.33. The molecule has 0 unspecified atom stereocenters. The van der Waals surface area contributed by atoms with Gasteiger partial charge in [-0.15, -0.1) is 0 Å². The van der Waals surface area contributed by atoms with Crippen molar-refractivity contribution in [2.45, 2.75) is 195 Å². The van der Waals surface area contributed by atoms with Crippen molar-refractivity contribution in [2.24, 2.45) is 23.7 Å². The van der Waals surface area contributed by atoms with Gasteiger partial charge in [-0.3, -0.25) is 0 Å². The summed E-state index contributed by atoms with van der Waals surface area (Å²) in [6.07, 6.45) is 8.92. The van der Waals surface area contributed by atoms with Crippen LogP contribution in [-0.4, -0.2) is 54.5 Å². The van der Waals surface area contributed by atoms with Crippen LogP contribution in [0.4, 0.5) is 13.2 Å². The molecule has 0 radical (unpaired) electrons. The minimum Gasteiger partial charge on any atom is -0.312 e. The molecular weight excluding hydrogens is 521 g/mol. The Morgan fingerprint density at radius 2 is 0.683 bits per heavy atom. The predicted octanol–water partition coefficient (Wildman–Crippen LogP) is 8.45. The zero-order valence-corrected chi connectivity index (χ0v) is 28.6. The van der Waals surface area contributed by atoms with E-state index in [4.69, 9.17) is 0 Å². The molecule has 0 aromatic carbocycles. The van der Waals surface area contributed by atoms with Crippen molar-refractivity contribution < 1.29 is 13.2 Å². The van der Waals surface area contributed by atoms with E-state index in [9.17, 15) is 13.2 Å². The van der Waals surface area contributed by atoms with E-state index in [-0.39, 0.29) is 12.0 Å². The van der Waals surface area contributed by atoms with Crippen LogP contribution >= 0.6 is 0 Å². The number of hydrogen-bond acceptors (Lipinski definition) is 4. The molecule has 0 aromatic heterocycles. The minimum atomic E-state index is -4.08. The van der Waals surface area contributed by atoms with Crippen LogP contribution in [-0.2, 0) is 0 Å². The first-order valence-electron chi connectivity index (χ1n) is 17.1. The molecule has 4 nitrogen and oxygen atoms in total. The van der Waals surface area contributed by atoms with Crippen molar-refractivity contribution >= 4 is 0 Å². The third-order valence-corrected chi connectivity index (χ3v) is 8.79. The monoisotopic (exact) mass is 591 g/mol. The molecule has 4 rings (SSSR count). The van der Waals surface area contributed by atoms with Crippen LogP contribution in [0.15, 0.2) is 0 Å². The first-order valence-corrected chi connectivity index (χ1v) is 17.1. The maximum atomic E-state index is 12.3. The summed E-state index contributed by atoms with van der Waals surface area (Å²) in [6, 6.07) is 2.81. The van der Waals surface area contributed by atoms with Crippen molar-refractivity contribution in [3.63, 3.8) is 0 Å². The maximum Gasteiger partial charge on any atom is 0.404 e. The molecule has 0 heterocycles. The second kappa shape index (κ2) is 19.1. The summed E-state index contributed by atoms with van der Waals surface area (Å²) in [6.45, 7) is 23.7. The molecule has 246 valence electrons. The summed E-state index contributed by atoms with van der Waals surface area (Å²) < 4.78 is 36.9. The van der Waals surface area contributed by atoms with E-state index in [1.165, 1.54) is 51.4 Å². The third-order valence-electron chi connectivity index (χ3n) is 8.79. The van der Waals surface area contributed by atoms with Crippen molar-refractivity contribution in [2.75, 3.05) is 0 Å². The third kappa shape index (κ3) is 18.1. The Morgan fingerprint density at radius 3 is 0.854 bits per heavy atom. The lowest BCUT2D eigenvalue weighted by atomic mass is 9.80. The smallest absolute Gasteiger partial charge is 0.312 e. The molecule has 0 spiro atoms. The molecule has 7 heteroatoms. The lowest BCUT2D eigenvalue weighted by Crippen LogP contribution is -2.46. The molecule has 4 aliphatic rings. The Morgan fingerprint density at radius 1 is 0.415 bits per heavy atom. The van der Waals surface area contributed by atoms with Gasteiger partial charge in [0.15, 0.2) is 0 Å². The lowest BCUT2D eigenvalue weighted by molar-refractivity contribution is -0.162. The van der Waals surface area contributed by atoms with Gasteiger partial charge in [0.1, 0.15) is 6.04 Å². The van der Waals surface area contributed by atoms with Crippen molar-refractivity contribution in [1.29, 1.82) is 0 Å². The van der Waals surface area contributed by atoms with E-state index in [2.05, 4.69) is 83.6 Å². The molecule has 4 atom stereocenters. The Labute approximate surface area is 252 Å². The van der Waals surface area contributed by atoms with E-state index in [1.54, 1.807) is 13.8 Å². The van der Waals surface area contributed by atoms with Crippen molar-refractivity contribution in [3.05, 3.63) is 0 Å². The van der Waals surface area contributed by atoms with Gasteiger partial charge in [-0.2, -0.15) is 13.2 Å². The number of nitrogens with one attached hydrogen (secondary N) is 4. The summed E-state index contributed by atoms with van der Waals surface area (Å²) in [7, 11) is 0. The zero-order chi connectivity index (χ0) is 31.3. The standard InChI is InChI=1S/2C9H19N.C8H14F3N.C8H17N/c2*1-7(2)10-8(3)9-5-4-6-9;1-5(2)12-7(6-3-4-6)8(9,10)11;1-6(2)9-7(3)8-4-5-8/h2*7-10H,4-6H2,1-3H3;5-7,12H,3-4H2,1-2H3;6-9H,4-5H2,1-3H3/t2*8-;2*7-/m1000/s1. The highest BCUT2D eigenvalue weighted by Gasteiger charge is 2.48. The van der Waals surface area contributed by atoms with E-state index in [1.807, 2.05) is 0 Å². The van der Waals surface area contributed by atoms with Crippen LogP contribution in [0, 0.1) is 23.7 Å².